The molecule has 2 aromatic carbocycles. The lowest BCUT2D eigenvalue weighted by molar-refractivity contribution is 0.0734. The van der Waals surface area contributed by atoms with Gasteiger partial charge in [0.25, 0.3) is 5.91 Å². The fourth-order valence-corrected chi connectivity index (χ4v) is 4.49. The van der Waals surface area contributed by atoms with Gasteiger partial charge in [0.1, 0.15) is 11.5 Å². The van der Waals surface area contributed by atoms with Crippen molar-refractivity contribution in [2.24, 2.45) is 0 Å². The number of aliphatic hydroxyl groups is 1. The third-order valence-corrected chi connectivity index (χ3v) is 5.88. The van der Waals surface area contributed by atoms with Gasteiger partial charge in [-0.15, -0.1) is 0 Å². The standard InChI is InChI=1S/C25H29NO3/c1-3-9-21-18(4-2)19-11-10-17-16-26(14-7-5-6-8-15-27)25(28)20-12-13-22(29-21)24(19)23(17)20/h4,9-13,27H,3,5-8,14-16H2,1-2H3/b18-4-,21-9+. The molecule has 0 aromatic heterocycles. The minimum Gasteiger partial charge on any atom is -0.456 e. The predicted molar refractivity (Wildman–Crippen MR) is 117 cm³/mol. The summed E-state index contributed by atoms with van der Waals surface area (Å²) in [6.45, 7) is 5.79. The Morgan fingerprint density at radius 2 is 1.86 bits per heavy atom. The molecule has 0 fully saturated rings. The van der Waals surface area contributed by atoms with Gasteiger partial charge in [0.2, 0.25) is 0 Å². The summed E-state index contributed by atoms with van der Waals surface area (Å²) in [6, 6.07) is 8.23. The number of benzene rings is 2. The molecule has 152 valence electrons. The number of carbonyl (C=O) groups excluding carboxylic acids is 1. The molecule has 1 N–H and O–H groups in total. The predicted octanol–water partition coefficient (Wildman–Crippen LogP) is 5.44. The van der Waals surface area contributed by atoms with Crippen LogP contribution < -0.4 is 4.74 Å². The van der Waals surface area contributed by atoms with E-state index >= 15 is 0 Å². The van der Waals surface area contributed by atoms with Crippen molar-refractivity contribution in [2.45, 2.75) is 52.5 Å². The molecule has 0 radical (unpaired) electrons. The van der Waals surface area contributed by atoms with Crippen LogP contribution in [0.25, 0.3) is 16.3 Å². The van der Waals surface area contributed by atoms with Crippen LogP contribution in [0.15, 0.2) is 42.2 Å². The van der Waals surface area contributed by atoms with Crippen molar-refractivity contribution < 1.29 is 14.6 Å². The number of carbonyl (C=O) groups is 1. The van der Waals surface area contributed by atoms with Gasteiger partial charge in [-0.2, -0.15) is 0 Å². The van der Waals surface area contributed by atoms with Crippen LogP contribution in [0.1, 0.15) is 67.4 Å². The summed E-state index contributed by atoms with van der Waals surface area (Å²) >= 11 is 0. The average Bonchev–Trinajstić information content (AvgIpc) is 2.73. The van der Waals surface area contributed by atoms with Gasteiger partial charge < -0.3 is 14.7 Å². The Bertz CT molecular complexity index is 1000. The van der Waals surface area contributed by atoms with E-state index in [-0.39, 0.29) is 12.5 Å². The first kappa shape index (κ1) is 19.7. The van der Waals surface area contributed by atoms with Crippen molar-refractivity contribution in [1.29, 1.82) is 0 Å². The maximum Gasteiger partial charge on any atom is 0.254 e. The summed E-state index contributed by atoms with van der Waals surface area (Å²) in [7, 11) is 0. The molecule has 4 nitrogen and oxygen atoms in total. The summed E-state index contributed by atoms with van der Waals surface area (Å²) in [5, 5.41) is 11.0. The van der Waals surface area contributed by atoms with Crippen LogP contribution in [-0.4, -0.2) is 29.1 Å². The molecule has 2 aliphatic heterocycles. The molecule has 2 aromatic rings. The summed E-state index contributed by atoms with van der Waals surface area (Å²) in [4.78, 5) is 15.1. The summed E-state index contributed by atoms with van der Waals surface area (Å²) < 4.78 is 6.24. The minimum atomic E-state index is 0.111. The van der Waals surface area contributed by atoms with Gasteiger partial charge in [0, 0.05) is 41.6 Å². The molecule has 0 bridgehead atoms. The third-order valence-electron chi connectivity index (χ3n) is 5.88. The Balaban J connectivity index is 1.70. The maximum atomic E-state index is 13.2. The number of allylic oxidation sites excluding steroid dienone is 3. The zero-order valence-corrected chi connectivity index (χ0v) is 17.3. The summed E-state index contributed by atoms with van der Waals surface area (Å²) in [6.07, 6.45) is 8.97. The SMILES string of the molecule is C/C=C1\C(=C/CC)Oc2ccc3c4c(ccc1c24)CN(CCCCCCO)C3=O. The lowest BCUT2D eigenvalue weighted by Gasteiger charge is -2.32. The number of nitrogens with zero attached hydrogens (tertiary/aromatic N) is 1. The number of rotatable bonds is 7. The maximum absolute atomic E-state index is 13.2. The molecule has 2 heterocycles. The van der Waals surface area contributed by atoms with Crippen molar-refractivity contribution in [1.82, 2.24) is 4.90 Å². The first-order valence-corrected chi connectivity index (χ1v) is 10.7. The Hall–Kier alpha value is -2.59. The van der Waals surface area contributed by atoms with Crippen LogP contribution in [0.3, 0.4) is 0 Å². The van der Waals surface area contributed by atoms with Crippen molar-refractivity contribution in [3.63, 3.8) is 0 Å². The fraction of sp³-hybridized carbons (Fsp3) is 0.400. The highest BCUT2D eigenvalue weighted by Crippen LogP contribution is 2.45. The Morgan fingerprint density at radius 3 is 2.62 bits per heavy atom. The van der Waals surface area contributed by atoms with Gasteiger partial charge in [-0.05, 0) is 55.5 Å². The average molecular weight is 392 g/mol. The fourth-order valence-electron chi connectivity index (χ4n) is 4.49. The zero-order valence-electron chi connectivity index (χ0n) is 17.3. The van der Waals surface area contributed by atoms with Crippen molar-refractivity contribution in [2.75, 3.05) is 13.2 Å². The van der Waals surface area contributed by atoms with Crippen LogP contribution in [-0.2, 0) is 6.54 Å². The second kappa shape index (κ2) is 8.42. The molecule has 29 heavy (non-hydrogen) atoms. The molecule has 4 heteroatoms. The molecule has 0 saturated heterocycles. The third kappa shape index (κ3) is 3.46. The Morgan fingerprint density at radius 1 is 1.07 bits per heavy atom. The first-order valence-electron chi connectivity index (χ1n) is 10.7. The number of hydrogen-bond acceptors (Lipinski definition) is 3. The minimum absolute atomic E-state index is 0.111. The summed E-state index contributed by atoms with van der Waals surface area (Å²) in [5.41, 5.74) is 4.22. The molecular weight excluding hydrogens is 362 g/mol. The Labute approximate surface area is 172 Å². The first-order chi connectivity index (χ1) is 14.2. The molecule has 0 atom stereocenters. The number of ether oxygens (including phenoxy) is 1. The van der Waals surface area contributed by atoms with Gasteiger partial charge >= 0.3 is 0 Å². The molecule has 4 rings (SSSR count). The van der Waals surface area contributed by atoms with Gasteiger partial charge in [-0.3, -0.25) is 4.79 Å². The van der Waals surface area contributed by atoms with Crippen LogP contribution in [0.2, 0.25) is 0 Å². The van der Waals surface area contributed by atoms with E-state index in [2.05, 4.69) is 31.2 Å². The van der Waals surface area contributed by atoms with Crippen LogP contribution in [0, 0.1) is 0 Å². The normalized spacial score (nSPS) is 18.0. The van der Waals surface area contributed by atoms with E-state index in [1.54, 1.807) is 0 Å². The van der Waals surface area contributed by atoms with Crippen molar-refractivity contribution in [3.05, 3.63) is 58.9 Å². The zero-order chi connectivity index (χ0) is 20.4. The van der Waals surface area contributed by atoms with Gasteiger partial charge in [0.15, 0.2) is 0 Å². The van der Waals surface area contributed by atoms with E-state index in [1.807, 2.05) is 24.0 Å². The smallest absolute Gasteiger partial charge is 0.254 e. The van der Waals surface area contributed by atoms with Crippen LogP contribution >= 0.6 is 0 Å². The molecule has 0 spiro atoms. The van der Waals surface area contributed by atoms with Gasteiger partial charge in [-0.25, -0.2) is 0 Å². The molecule has 0 unspecified atom stereocenters. The number of aliphatic hydroxyl groups excluding tert-OH is 1. The number of amides is 1. The Kier molecular flexibility index (Phi) is 5.72. The van der Waals surface area contributed by atoms with E-state index in [4.69, 9.17) is 9.84 Å². The van der Waals surface area contributed by atoms with E-state index in [0.717, 1.165) is 77.6 Å². The summed E-state index contributed by atoms with van der Waals surface area (Å²) in [5.74, 6) is 1.86. The second-order valence-electron chi connectivity index (χ2n) is 7.78. The monoisotopic (exact) mass is 391 g/mol. The van der Waals surface area contributed by atoms with Gasteiger partial charge in [0.05, 0.1) is 0 Å². The van der Waals surface area contributed by atoms with E-state index in [0.29, 0.717) is 6.54 Å². The topological polar surface area (TPSA) is 49.8 Å². The highest BCUT2D eigenvalue weighted by atomic mass is 16.5. The highest BCUT2D eigenvalue weighted by Gasteiger charge is 2.31. The van der Waals surface area contributed by atoms with E-state index in [9.17, 15) is 4.79 Å². The lowest BCUT2D eigenvalue weighted by Crippen LogP contribution is -2.35. The van der Waals surface area contributed by atoms with E-state index < -0.39 is 0 Å². The molecule has 0 saturated carbocycles. The van der Waals surface area contributed by atoms with Crippen molar-refractivity contribution >= 4 is 22.3 Å². The van der Waals surface area contributed by atoms with Gasteiger partial charge in [-0.1, -0.05) is 38.0 Å². The molecule has 2 aliphatic rings. The van der Waals surface area contributed by atoms with E-state index in [1.165, 1.54) is 5.56 Å². The number of unbranched alkanes of at least 4 members (excludes halogenated alkanes) is 3. The number of hydrogen-bond donors (Lipinski definition) is 1. The highest BCUT2D eigenvalue weighted by molar-refractivity contribution is 6.15. The van der Waals surface area contributed by atoms with Crippen LogP contribution in [0.5, 0.6) is 5.75 Å². The molecular formula is C25H29NO3. The quantitative estimate of drug-likeness (QED) is 0.640. The lowest BCUT2D eigenvalue weighted by atomic mass is 9.86. The molecule has 0 aliphatic carbocycles. The molecule has 1 amide bonds. The largest absolute Gasteiger partial charge is 0.456 e. The van der Waals surface area contributed by atoms with Crippen LogP contribution in [0.4, 0.5) is 0 Å². The van der Waals surface area contributed by atoms with Crippen molar-refractivity contribution in [3.8, 4) is 5.75 Å². The second-order valence-corrected chi connectivity index (χ2v) is 7.78.